The predicted molar refractivity (Wildman–Crippen MR) is 162 cm³/mol. The summed E-state index contributed by atoms with van der Waals surface area (Å²) in [5.41, 5.74) is 17.8. The maximum atomic E-state index is 11.9. The van der Waals surface area contributed by atoms with Crippen molar-refractivity contribution in [2.45, 2.75) is 25.7 Å². The van der Waals surface area contributed by atoms with Crippen molar-refractivity contribution in [2.75, 3.05) is 26.4 Å². The minimum absolute atomic E-state index is 0.124. The summed E-state index contributed by atoms with van der Waals surface area (Å²) in [6, 6.07) is 16.6. The van der Waals surface area contributed by atoms with Gasteiger partial charge >= 0.3 is 0 Å². The molecule has 218 valence electrons. The van der Waals surface area contributed by atoms with Crippen LogP contribution in [0, 0.1) is 11.8 Å². The number of primary amides is 1. The van der Waals surface area contributed by atoms with Crippen LogP contribution in [0.3, 0.4) is 0 Å². The molecule has 0 aliphatic heterocycles. The number of nitrogens with zero attached hydrogens (tertiary/aromatic N) is 6. The molecular weight excluding hydrogens is 550 g/mol. The lowest BCUT2D eigenvalue weighted by atomic mass is 10.1. The standard InChI is InChI=1S/C25H24N6.C7H6F2N2O/c1-30(2)15-5-8-19-11-13-22-25(28-19)31(20-12-10-17-6-3-7-18(17)16-20)24(29-22)21-9-4-14-27-23(21)26;8-6(9)5-2-1-4(3-11-5)7(10)12/h4,9-14,16H,3,6-7,15H2,1-2H3,(H2,26,27);1-3,6H,(H2,10,12). The summed E-state index contributed by atoms with van der Waals surface area (Å²) in [6.45, 7) is 0.682. The van der Waals surface area contributed by atoms with Gasteiger partial charge in [-0.05, 0) is 98.9 Å². The van der Waals surface area contributed by atoms with E-state index in [0.29, 0.717) is 12.4 Å². The van der Waals surface area contributed by atoms with E-state index in [4.69, 9.17) is 21.4 Å². The number of hydrogen-bond donors (Lipinski definition) is 2. The highest BCUT2D eigenvalue weighted by atomic mass is 19.3. The summed E-state index contributed by atoms with van der Waals surface area (Å²) < 4.78 is 25.9. The zero-order chi connectivity index (χ0) is 30.5. The van der Waals surface area contributed by atoms with E-state index in [-0.39, 0.29) is 11.3 Å². The second-order valence-corrected chi connectivity index (χ2v) is 10.2. The molecule has 0 atom stereocenters. The molecule has 0 fully saturated rings. The number of hydrogen-bond acceptors (Lipinski definition) is 7. The van der Waals surface area contributed by atoms with E-state index in [0.717, 1.165) is 59.0 Å². The maximum Gasteiger partial charge on any atom is 0.280 e. The van der Waals surface area contributed by atoms with Crippen LogP contribution in [-0.4, -0.2) is 56.0 Å². The third-order valence-electron chi connectivity index (χ3n) is 6.83. The van der Waals surface area contributed by atoms with Crippen LogP contribution in [0.5, 0.6) is 0 Å². The Morgan fingerprint density at radius 1 is 1.05 bits per heavy atom. The normalized spacial score (nSPS) is 12.0. The van der Waals surface area contributed by atoms with Gasteiger partial charge in [-0.25, -0.2) is 23.7 Å². The summed E-state index contributed by atoms with van der Waals surface area (Å²) in [5.74, 6) is 6.84. The van der Waals surface area contributed by atoms with Gasteiger partial charge in [-0.15, -0.1) is 0 Å². The zero-order valence-electron chi connectivity index (χ0n) is 23.8. The van der Waals surface area contributed by atoms with Crippen molar-refractivity contribution < 1.29 is 13.6 Å². The van der Waals surface area contributed by atoms with Gasteiger partial charge in [0.15, 0.2) is 11.5 Å². The van der Waals surface area contributed by atoms with Crippen molar-refractivity contribution in [1.29, 1.82) is 0 Å². The highest BCUT2D eigenvalue weighted by molar-refractivity contribution is 5.92. The van der Waals surface area contributed by atoms with Gasteiger partial charge in [0.05, 0.1) is 17.7 Å². The molecule has 4 N–H and O–H groups in total. The molecule has 1 aliphatic rings. The van der Waals surface area contributed by atoms with E-state index < -0.39 is 12.3 Å². The fourth-order valence-corrected chi connectivity index (χ4v) is 4.72. The van der Waals surface area contributed by atoms with Gasteiger partial charge < -0.3 is 11.5 Å². The lowest BCUT2D eigenvalue weighted by Gasteiger charge is -2.12. The van der Waals surface area contributed by atoms with Crippen LogP contribution in [-0.2, 0) is 12.8 Å². The van der Waals surface area contributed by atoms with Gasteiger partial charge in [-0.3, -0.25) is 19.2 Å². The van der Waals surface area contributed by atoms with E-state index >= 15 is 0 Å². The second kappa shape index (κ2) is 12.8. The van der Waals surface area contributed by atoms with Crippen molar-refractivity contribution in [1.82, 2.24) is 29.4 Å². The number of anilines is 1. The van der Waals surface area contributed by atoms with Gasteiger partial charge in [0.25, 0.3) is 6.43 Å². The Morgan fingerprint density at radius 2 is 1.86 bits per heavy atom. The Kier molecular flexibility index (Phi) is 8.69. The lowest BCUT2D eigenvalue weighted by molar-refractivity contribution is 0.0999. The highest BCUT2D eigenvalue weighted by Crippen LogP contribution is 2.32. The molecule has 0 saturated carbocycles. The largest absolute Gasteiger partial charge is 0.383 e. The van der Waals surface area contributed by atoms with Crippen LogP contribution < -0.4 is 11.5 Å². The number of halogens is 2. The van der Waals surface area contributed by atoms with Crippen molar-refractivity contribution in [3.05, 3.63) is 95.1 Å². The van der Waals surface area contributed by atoms with Crippen LogP contribution in [0.4, 0.5) is 14.6 Å². The number of aryl methyl sites for hydroxylation is 2. The SMILES string of the molecule is CN(C)CC#Cc1ccc2nc(-c3cccnc3N)n(-c3ccc4c(c3)CCC4)c2n1.NC(=O)c1ccc(C(F)F)nc1. The molecule has 6 rings (SSSR count). The molecule has 1 aromatic carbocycles. The summed E-state index contributed by atoms with van der Waals surface area (Å²) in [7, 11) is 4.00. The van der Waals surface area contributed by atoms with E-state index in [1.807, 2.05) is 43.3 Å². The fourth-order valence-electron chi connectivity index (χ4n) is 4.72. The average Bonchev–Trinajstić information content (AvgIpc) is 3.61. The molecule has 0 saturated heterocycles. The van der Waals surface area contributed by atoms with Gasteiger partial charge in [0.1, 0.15) is 22.7 Å². The van der Waals surface area contributed by atoms with Crippen molar-refractivity contribution >= 4 is 22.9 Å². The Bertz CT molecular complexity index is 1840. The summed E-state index contributed by atoms with van der Waals surface area (Å²) in [6.07, 6.45) is 3.56. The van der Waals surface area contributed by atoms with E-state index in [2.05, 4.69) is 44.6 Å². The molecule has 1 aliphatic carbocycles. The Balaban J connectivity index is 0.000000259. The fraction of sp³-hybridized carbons (Fsp3) is 0.219. The van der Waals surface area contributed by atoms with Gasteiger partial charge in [-0.1, -0.05) is 12.0 Å². The molecule has 0 spiro atoms. The number of imidazole rings is 1. The molecule has 1 amide bonds. The van der Waals surface area contributed by atoms with Crippen molar-refractivity contribution in [3.8, 4) is 28.9 Å². The van der Waals surface area contributed by atoms with Crippen molar-refractivity contribution in [3.63, 3.8) is 0 Å². The minimum Gasteiger partial charge on any atom is -0.383 e. The van der Waals surface area contributed by atoms with Crippen LogP contribution in [0.15, 0.2) is 67.0 Å². The first-order valence-corrected chi connectivity index (χ1v) is 13.6. The first-order valence-electron chi connectivity index (χ1n) is 13.6. The first kappa shape index (κ1) is 29.3. The molecule has 4 aromatic heterocycles. The Hall–Kier alpha value is -5.21. The predicted octanol–water partition coefficient (Wildman–Crippen LogP) is 4.58. The number of fused-ring (bicyclic) bond motifs is 2. The number of carbonyl (C=O) groups excluding carboxylic acids is 1. The van der Waals surface area contributed by atoms with Gasteiger partial charge in [0, 0.05) is 18.1 Å². The van der Waals surface area contributed by atoms with Crippen LogP contribution in [0.1, 0.15) is 45.7 Å². The molecule has 4 heterocycles. The quantitative estimate of drug-likeness (QED) is 0.291. The molecule has 11 heteroatoms. The second-order valence-electron chi connectivity index (χ2n) is 10.2. The third kappa shape index (κ3) is 6.66. The molecule has 5 aromatic rings. The molecule has 0 radical (unpaired) electrons. The average molecular weight is 581 g/mol. The number of nitrogen functional groups attached to an aromatic ring is 1. The molecule has 43 heavy (non-hydrogen) atoms. The molecule has 0 unspecified atom stereocenters. The number of amides is 1. The number of nitrogens with two attached hydrogens (primary N) is 2. The summed E-state index contributed by atoms with van der Waals surface area (Å²) in [5, 5.41) is 0. The molecule has 0 bridgehead atoms. The van der Waals surface area contributed by atoms with Crippen LogP contribution in [0.2, 0.25) is 0 Å². The topological polar surface area (TPSA) is 129 Å². The first-order chi connectivity index (χ1) is 20.7. The van der Waals surface area contributed by atoms with E-state index in [1.54, 1.807) is 6.20 Å². The summed E-state index contributed by atoms with van der Waals surface area (Å²) >= 11 is 0. The summed E-state index contributed by atoms with van der Waals surface area (Å²) in [4.78, 5) is 29.9. The molecular formula is C32H30F2N8O. The minimum atomic E-state index is -2.62. The van der Waals surface area contributed by atoms with Gasteiger partial charge in [-0.2, -0.15) is 0 Å². The van der Waals surface area contributed by atoms with Crippen LogP contribution in [0.25, 0.3) is 28.2 Å². The van der Waals surface area contributed by atoms with E-state index in [1.165, 1.54) is 23.6 Å². The monoisotopic (exact) mass is 580 g/mol. The Labute approximate surface area is 247 Å². The third-order valence-corrected chi connectivity index (χ3v) is 6.83. The van der Waals surface area contributed by atoms with Crippen LogP contribution >= 0.6 is 0 Å². The zero-order valence-corrected chi connectivity index (χ0v) is 23.8. The smallest absolute Gasteiger partial charge is 0.280 e. The number of alkyl halides is 2. The lowest BCUT2D eigenvalue weighted by Crippen LogP contribution is -2.11. The maximum absolute atomic E-state index is 11.9. The number of benzene rings is 1. The molecule has 9 nitrogen and oxygen atoms in total. The van der Waals surface area contributed by atoms with Crippen molar-refractivity contribution in [2.24, 2.45) is 5.73 Å². The number of rotatable bonds is 5. The number of carbonyl (C=O) groups is 1. The van der Waals surface area contributed by atoms with E-state index in [9.17, 15) is 13.6 Å². The number of pyridine rings is 3. The Morgan fingerprint density at radius 3 is 2.56 bits per heavy atom. The van der Waals surface area contributed by atoms with Gasteiger partial charge in [0.2, 0.25) is 5.91 Å². The highest BCUT2D eigenvalue weighted by Gasteiger charge is 2.20. The number of aromatic nitrogens is 5.